The molecule has 0 amide bonds. The Labute approximate surface area is 120 Å². The number of benzene rings is 1. The largest absolute Gasteiger partial charge is 0.385 e. The molecule has 1 N–H and O–H groups in total. The van der Waals surface area contributed by atoms with Gasteiger partial charge in [-0.25, -0.2) is 9.37 Å². The SMILES string of the molecule is CC.Cc1cc(F)c2nc(C(C)O)n(C(C)(C)C)c2c1. The van der Waals surface area contributed by atoms with Crippen LogP contribution in [-0.2, 0) is 5.54 Å². The maximum Gasteiger partial charge on any atom is 0.151 e. The van der Waals surface area contributed by atoms with E-state index in [9.17, 15) is 9.50 Å². The fourth-order valence-electron chi connectivity index (χ4n) is 2.27. The molecular weight excluding hydrogens is 255 g/mol. The number of aromatic nitrogens is 2. The second kappa shape index (κ2) is 5.92. The minimum absolute atomic E-state index is 0.263. The molecule has 1 atom stereocenters. The molecule has 1 aromatic carbocycles. The number of aryl methyl sites for hydroxylation is 1. The summed E-state index contributed by atoms with van der Waals surface area (Å²) in [6, 6.07) is 3.37. The van der Waals surface area contributed by atoms with E-state index in [4.69, 9.17) is 0 Å². The number of aliphatic hydroxyl groups is 1. The molecule has 112 valence electrons. The van der Waals surface area contributed by atoms with E-state index in [1.54, 1.807) is 6.92 Å². The zero-order chi connectivity index (χ0) is 15.7. The van der Waals surface area contributed by atoms with Crippen molar-refractivity contribution in [2.45, 2.75) is 60.1 Å². The molecule has 0 aliphatic heterocycles. The zero-order valence-electron chi connectivity index (χ0n) is 13.5. The Hall–Kier alpha value is -1.42. The van der Waals surface area contributed by atoms with Gasteiger partial charge in [0.1, 0.15) is 17.4 Å². The highest BCUT2D eigenvalue weighted by Gasteiger charge is 2.25. The quantitative estimate of drug-likeness (QED) is 0.845. The second-order valence-corrected chi connectivity index (χ2v) is 5.77. The molecule has 2 aromatic rings. The van der Waals surface area contributed by atoms with Crippen molar-refractivity contribution >= 4 is 11.0 Å². The number of aliphatic hydroxyl groups excluding tert-OH is 1. The molecule has 2 rings (SSSR count). The number of fused-ring (bicyclic) bond motifs is 1. The van der Waals surface area contributed by atoms with Gasteiger partial charge in [0.25, 0.3) is 0 Å². The maximum atomic E-state index is 13.9. The van der Waals surface area contributed by atoms with E-state index in [1.807, 2.05) is 52.2 Å². The predicted octanol–water partition coefficient (Wildman–Crippen LogP) is 4.32. The number of nitrogens with zero attached hydrogens (tertiary/aromatic N) is 2. The number of hydrogen-bond acceptors (Lipinski definition) is 2. The highest BCUT2D eigenvalue weighted by molar-refractivity contribution is 5.78. The average Bonchev–Trinajstić information content (AvgIpc) is 2.71. The monoisotopic (exact) mass is 280 g/mol. The van der Waals surface area contributed by atoms with Crippen LogP contribution in [0.5, 0.6) is 0 Å². The van der Waals surface area contributed by atoms with E-state index in [1.165, 1.54) is 6.07 Å². The molecule has 1 unspecified atom stereocenters. The summed E-state index contributed by atoms with van der Waals surface area (Å²) in [6.07, 6.45) is -0.726. The number of imidazole rings is 1. The van der Waals surface area contributed by atoms with E-state index in [0.29, 0.717) is 11.3 Å². The predicted molar refractivity (Wildman–Crippen MR) is 81.4 cm³/mol. The van der Waals surface area contributed by atoms with Crippen LogP contribution < -0.4 is 0 Å². The fraction of sp³-hybridized carbons (Fsp3) is 0.562. The lowest BCUT2D eigenvalue weighted by Gasteiger charge is -2.25. The van der Waals surface area contributed by atoms with E-state index in [-0.39, 0.29) is 11.4 Å². The molecule has 0 radical (unpaired) electrons. The van der Waals surface area contributed by atoms with Gasteiger partial charge in [0.15, 0.2) is 5.82 Å². The first-order valence-corrected chi connectivity index (χ1v) is 7.09. The van der Waals surface area contributed by atoms with Gasteiger partial charge in [-0.05, 0) is 52.3 Å². The summed E-state index contributed by atoms with van der Waals surface area (Å²) in [6.45, 7) is 13.5. The smallest absolute Gasteiger partial charge is 0.151 e. The summed E-state index contributed by atoms with van der Waals surface area (Å²) in [5, 5.41) is 9.82. The molecule has 3 nitrogen and oxygen atoms in total. The van der Waals surface area contributed by atoms with Gasteiger partial charge in [-0.3, -0.25) is 0 Å². The van der Waals surface area contributed by atoms with Gasteiger partial charge in [-0.15, -0.1) is 0 Å². The molecule has 0 aliphatic rings. The van der Waals surface area contributed by atoms with Gasteiger partial charge in [0.05, 0.1) is 5.52 Å². The summed E-state index contributed by atoms with van der Waals surface area (Å²) in [5.41, 5.74) is 1.64. The van der Waals surface area contributed by atoms with Crippen molar-refractivity contribution in [3.63, 3.8) is 0 Å². The maximum absolute atomic E-state index is 13.9. The van der Waals surface area contributed by atoms with Gasteiger partial charge >= 0.3 is 0 Å². The Balaban J connectivity index is 0.000000956. The fourth-order valence-corrected chi connectivity index (χ4v) is 2.27. The van der Waals surface area contributed by atoms with Crippen LogP contribution in [0.3, 0.4) is 0 Å². The molecule has 4 heteroatoms. The van der Waals surface area contributed by atoms with Crippen molar-refractivity contribution in [1.29, 1.82) is 0 Å². The summed E-state index contributed by atoms with van der Waals surface area (Å²) in [5.74, 6) is 0.164. The minimum Gasteiger partial charge on any atom is -0.385 e. The van der Waals surface area contributed by atoms with E-state index in [0.717, 1.165) is 11.1 Å². The molecule has 0 fully saturated rings. The second-order valence-electron chi connectivity index (χ2n) is 5.77. The van der Waals surface area contributed by atoms with E-state index < -0.39 is 6.10 Å². The van der Waals surface area contributed by atoms with E-state index in [2.05, 4.69) is 4.98 Å². The third kappa shape index (κ3) is 3.01. The van der Waals surface area contributed by atoms with Crippen molar-refractivity contribution in [1.82, 2.24) is 9.55 Å². The van der Waals surface area contributed by atoms with Gasteiger partial charge in [-0.1, -0.05) is 13.8 Å². The summed E-state index contributed by atoms with van der Waals surface area (Å²) in [7, 11) is 0. The van der Waals surface area contributed by atoms with E-state index >= 15 is 0 Å². The summed E-state index contributed by atoms with van der Waals surface area (Å²) < 4.78 is 15.8. The Morgan fingerprint density at radius 1 is 1.25 bits per heavy atom. The molecule has 0 aliphatic carbocycles. The van der Waals surface area contributed by atoms with Crippen LogP contribution in [0.2, 0.25) is 0 Å². The number of hydrogen-bond donors (Lipinski definition) is 1. The molecule has 1 aromatic heterocycles. The lowest BCUT2D eigenvalue weighted by atomic mass is 10.1. The lowest BCUT2D eigenvalue weighted by molar-refractivity contribution is 0.176. The summed E-state index contributed by atoms with van der Waals surface area (Å²) in [4.78, 5) is 4.26. The van der Waals surface area contributed by atoms with Crippen LogP contribution in [0.4, 0.5) is 4.39 Å². The molecular formula is C16H25FN2O. The topological polar surface area (TPSA) is 38.1 Å². The van der Waals surface area contributed by atoms with Crippen molar-refractivity contribution in [3.05, 3.63) is 29.3 Å². The Morgan fingerprint density at radius 2 is 1.80 bits per heavy atom. The first-order chi connectivity index (χ1) is 9.21. The minimum atomic E-state index is -0.726. The standard InChI is InChI=1S/C14H19FN2O.C2H6/c1-8-6-10(15)12-11(7-8)17(14(3,4)5)13(16-12)9(2)18;1-2/h6-7,9,18H,1-5H3;1-2H3. The van der Waals surface area contributed by atoms with Gasteiger partial charge < -0.3 is 9.67 Å². The zero-order valence-corrected chi connectivity index (χ0v) is 13.5. The Kier molecular flexibility index (Phi) is 4.92. The van der Waals surface area contributed by atoms with Crippen LogP contribution in [0.25, 0.3) is 11.0 Å². The Morgan fingerprint density at radius 3 is 2.25 bits per heavy atom. The molecule has 20 heavy (non-hydrogen) atoms. The molecule has 0 spiro atoms. The van der Waals surface area contributed by atoms with Crippen LogP contribution in [-0.4, -0.2) is 14.7 Å². The van der Waals surface area contributed by atoms with Crippen LogP contribution in [0, 0.1) is 12.7 Å². The van der Waals surface area contributed by atoms with Gasteiger partial charge in [0, 0.05) is 5.54 Å². The number of halogens is 1. The number of rotatable bonds is 1. The van der Waals surface area contributed by atoms with Crippen LogP contribution in [0.1, 0.15) is 59.0 Å². The van der Waals surface area contributed by atoms with Crippen LogP contribution in [0.15, 0.2) is 12.1 Å². The van der Waals surface area contributed by atoms with Crippen molar-refractivity contribution in [2.24, 2.45) is 0 Å². The normalized spacial score (nSPS) is 13.1. The highest BCUT2D eigenvalue weighted by Crippen LogP contribution is 2.30. The van der Waals surface area contributed by atoms with Crippen molar-refractivity contribution in [2.75, 3.05) is 0 Å². The molecule has 0 saturated carbocycles. The third-order valence-corrected chi connectivity index (χ3v) is 2.93. The van der Waals surface area contributed by atoms with Gasteiger partial charge in [-0.2, -0.15) is 0 Å². The Bertz CT molecular complexity index is 595. The first-order valence-electron chi connectivity index (χ1n) is 7.09. The molecule has 1 heterocycles. The third-order valence-electron chi connectivity index (χ3n) is 2.93. The first kappa shape index (κ1) is 16.6. The molecule has 0 bridgehead atoms. The average molecular weight is 280 g/mol. The lowest BCUT2D eigenvalue weighted by Crippen LogP contribution is -2.25. The summed E-state index contributed by atoms with van der Waals surface area (Å²) >= 11 is 0. The van der Waals surface area contributed by atoms with Crippen LogP contribution >= 0.6 is 0 Å². The molecule has 0 saturated heterocycles. The van der Waals surface area contributed by atoms with Gasteiger partial charge in [0.2, 0.25) is 0 Å². The highest BCUT2D eigenvalue weighted by atomic mass is 19.1. The van der Waals surface area contributed by atoms with Crippen molar-refractivity contribution in [3.8, 4) is 0 Å². The van der Waals surface area contributed by atoms with Crippen molar-refractivity contribution < 1.29 is 9.50 Å².